The van der Waals surface area contributed by atoms with Gasteiger partial charge in [0, 0.05) is 23.4 Å². The lowest BCUT2D eigenvalue weighted by Gasteiger charge is -2.08. The highest BCUT2D eigenvalue weighted by Gasteiger charge is 2.19. The summed E-state index contributed by atoms with van der Waals surface area (Å²) in [5, 5.41) is 10.5. The van der Waals surface area contributed by atoms with Crippen LogP contribution in [0.1, 0.15) is 46.5 Å². The SMILES string of the molecule is CC.CC(F)(F)CCCCCSc1ccc([N+](=O)[O-])cc1. The van der Waals surface area contributed by atoms with Crippen LogP contribution in [-0.4, -0.2) is 16.6 Å². The van der Waals surface area contributed by atoms with E-state index in [0.717, 1.165) is 30.4 Å². The molecule has 0 radical (unpaired) electrons. The fourth-order valence-electron chi connectivity index (χ4n) is 1.57. The molecular formula is C15H23F2NO2S. The highest BCUT2D eigenvalue weighted by molar-refractivity contribution is 7.99. The number of hydrogen-bond acceptors (Lipinski definition) is 3. The van der Waals surface area contributed by atoms with Crippen molar-refractivity contribution in [2.75, 3.05) is 5.75 Å². The Morgan fingerprint density at radius 2 is 1.71 bits per heavy atom. The molecule has 0 saturated carbocycles. The molecule has 0 amide bonds. The number of nitrogens with zero attached hydrogens (tertiary/aromatic N) is 1. The second-order valence-corrected chi connectivity index (χ2v) is 5.65. The number of thioether (sulfide) groups is 1. The van der Waals surface area contributed by atoms with Gasteiger partial charge in [0.15, 0.2) is 0 Å². The summed E-state index contributed by atoms with van der Waals surface area (Å²) in [4.78, 5) is 11.0. The van der Waals surface area contributed by atoms with E-state index in [1.54, 1.807) is 23.9 Å². The highest BCUT2D eigenvalue weighted by atomic mass is 32.2. The molecule has 1 aromatic rings. The number of nitro benzene ring substituents is 1. The molecule has 120 valence electrons. The number of nitro groups is 1. The van der Waals surface area contributed by atoms with Gasteiger partial charge in [-0.1, -0.05) is 20.3 Å². The Bertz CT molecular complexity index is 405. The molecule has 3 nitrogen and oxygen atoms in total. The second kappa shape index (κ2) is 10.5. The lowest BCUT2D eigenvalue weighted by molar-refractivity contribution is -0.384. The van der Waals surface area contributed by atoms with E-state index in [1.807, 2.05) is 13.8 Å². The third-order valence-corrected chi connectivity index (χ3v) is 3.67. The van der Waals surface area contributed by atoms with Gasteiger partial charge in [0.2, 0.25) is 5.92 Å². The van der Waals surface area contributed by atoms with Crippen molar-refractivity contribution in [1.29, 1.82) is 0 Å². The summed E-state index contributed by atoms with van der Waals surface area (Å²) in [6.45, 7) is 4.94. The summed E-state index contributed by atoms with van der Waals surface area (Å²) in [7, 11) is 0. The van der Waals surface area contributed by atoms with Crippen LogP contribution in [0.3, 0.4) is 0 Å². The lowest BCUT2D eigenvalue weighted by atomic mass is 10.1. The van der Waals surface area contributed by atoms with Crippen molar-refractivity contribution in [3.63, 3.8) is 0 Å². The Hall–Kier alpha value is -1.17. The second-order valence-electron chi connectivity index (χ2n) is 4.48. The zero-order valence-electron chi connectivity index (χ0n) is 12.8. The molecule has 1 rings (SSSR count). The number of non-ortho nitro benzene ring substituents is 1. The van der Waals surface area contributed by atoms with E-state index in [1.165, 1.54) is 12.1 Å². The number of benzene rings is 1. The zero-order valence-corrected chi connectivity index (χ0v) is 13.6. The molecule has 0 aliphatic heterocycles. The van der Waals surface area contributed by atoms with Crippen molar-refractivity contribution < 1.29 is 13.7 Å². The molecule has 6 heteroatoms. The van der Waals surface area contributed by atoms with Crippen LogP contribution in [0.5, 0.6) is 0 Å². The molecule has 0 atom stereocenters. The third-order valence-electron chi connectivity index (χ3n) is 2.58. The molecular weight excluding hydrogens is 296 g/mol. The molecule has 0 aliphatic carbocycles. The van der Waals surface area contributed by atoms with Gasteiger partial charge in [-0.2, -0.15) is 0 Å². The van der Waals surface area contributed by atoms with Crippen LogP contribution >= 0.6 is 11.8 Å². The van der Waals surface area contributed by atoms with E-state index < -0.39 is 10.8 Å². The largest absolute Gasteiger partial charge is 0.269 e. The monoisotopic (exact) mass is 319 g/mol. The summed E-state index contributed by atoms with van der Waals surface area (Å²) in [6.07, 6.45) is 2.13. The average molecular weight is 319 g/mol. The van der Waals surface area contributed by atoms with Crippen molar-refractivity contribution in [3.8, 4) is 0 Å². The van der Waals surface area contributed by atoms with Gasteiger partial charge in [0.25, 0.3) is 5.69 Å². The van der Waals surface area contributed by atoms with Crippen molar-refractivity contribution >= 4 is 17.4 Å². The first-order valence-corrected chi connectivity index (χ1v) is 8.12. The topological polar surface area (TPSA) is 43.1 Å². The van der Waals surface area contributed by atoms with Crippen LogP contribution in [0, 0.1) is 10.1 Å². The van der Waals surface area contributed by atoms with E-state index in [4.69, 9.17) is 0 Å². The molecule has 0 fully saturated rings. The van der Waals surface area contributed by atoms with Crippen molar-refractivity contribution in [3.05, 3.63) is 34.4 Å². The Kier molecular flexibility index (Phi) is 9.95. The Labute approximate surface area is 129 Å². The number of rotatable bonds is 8. The minimum absolute atomic E-state index is 0.0603. The van der Waals surface area contributed by atoms with Gasteiger partial charge in [0.1, 0.15) is 0 Å². The van der Waals surface area contributed by atoms with E-state index in [9.17, 15) is 18.9 Å². The summed E-state index contributed by atoms with van der Waals surface area (Å²) in [5.74, 6) is -1.72. The van der Waals surface area contributed by atoms with Crippen LogP contribution < -0.4 is 0 Å². The van der Waals surface area contributed by atoms with Crippen LogP contribution in [0.4, 0.5) is 14.5 Å². The van der Waals surface area contributed by atoms with Gasteiger partial charge >= 0.3 is 0 Å². The number of alkyl halides is 2. The van der Waals surface area contributed by atoms with Crippen LogP contribution in [-0.2, 0) is 0 Å². The molecule has 0 N–H and O–H groups in total. The maximum absolute atomic E-state index is 12.5. The first kappa shape index (κ1) is 19.8. The summed E-state index contributed by atoms with van der Waals surface area (Å²) < 4.78 is 25.1. The van der Waals surface area contributed by atoms with Gasteiger partial charge in [-0.15, -0.1) is 11.8 Å². The van der Waals surface area contributed by atoms with Crippen molar-refractivity contribution in [1.82, 2.24) is 0 Å². The molecule has 0 heterocycles. The van der Waals surface area contributed by atoms with E-state index in [2.05, 4.69) is 0 Å². The third kappa shape index (κ3) is 10.2. The Balaban J connectivity index is 0.00000191. The highest BCUT2D eigenvalue weighted by Crippen LogP contribution is 2.24. The summed E-state index contributed by atoms with van der Waals surface area (Å²) in [5.41, 5.74) is 0.0783. The zero-order chi connectivity index (χ0) is 16.3. The number of halogens is 2. The Morgan fingerprint density at radius 3 is 2.19 bits per heavy atom. The van der Waals surface area contributed by atoms with Gasteiger partial charge in [-0.3, -0.25) is 10.1 Å². The van der Waals surface area contributed by atoms with E-state index in [-0.39, 0.29) is 12.1 Å². The predicted molar refractivity (Wildman–Crippen MR) is 84.3 cm³/mol. The quantitative estimate of drug-likeness (QED) is 0.258. The van der Waals surface area contributed by atoms with Crippen LogP contribution in [0.2, 0.25) is 0 Å². The molecule has 0 saturated heterocycles. The fourth-order valence-corrected chi connectivity index (χ4v) is 2.48. The average Bonchev–Trinajstić information content (AvgIpc) is 2.44. The van der Waals surface area contributed by atoms with Gasteiger partial charge in [-0.25, -0.2) is 8.78 Å². The molecule has 0 aliphatic rings. The summed E-state index contributed by atoms with van der Waals surface area (Å²) in [6, 6.07) is 6.37. The smallest absolute Gasteiger partial charge is 0.258 e. The lowest BCUT2D eigenvalue weighted by Crippen LogP contribution is -2.08. The Morgan fingerprint density at radius 1 is 1.14 bits per heavy atom. The van der Waals surface area contributed by atoms with Crippen molar-refractivity contribution in [2.24, 2.45) is 0 Å². The normalized spacial score (nSPS) is 10.7. The number of hydrogen-bond donors (Lipinski definition) is 0. The molecule has 0 aromatic heterocycles. The standard InChI is InChI=1S/C13H17F2NO2S.C2H6/c1-13(14,15)9-3-2-4-10-19-12-7-5-11(6-8-12)16(17)18;1-2/h5-8H,2-4,9-10H2,1H3;1-2H3. The first-order valence-electron chi connectivity index (χ1n) is 7.13. The van der Waals surface area contributed by atoms with Gasteiger partial charge < -0.3 is 0 Å². The molecule has 0 bridgehead atoms. The van der Waals surface area contributed by atoms with Crippen LogP contribution in [0.25, 0.3) is 0 Å². The van der Waals surface area contributed by atoms with Crippen LogP contribution in [0.15, 0.2) is 29.2 Å². The first-order chi connectivity index (χ1) is 9.88. The van der Waals surface area contributed by atoms with E-state index >= 15 is 0 Å². The molecule has 0 spiro atoms. The van der Waals surface area contributed by atoms with Crippen molar-refractivity contribution in [2.45, 2.75) is 57.3 Å². The maximum Gasteiger partial charge on any atom is 0.269 e. The summed E-state index contributed by atoms with van der Waals surface area (Å²) >= 11 is 1.59. The van der Waals surface area contributed by atoms with Gasteiger partial charge in [0.05, 0.1) is 4.92 Å². The minimum Gasteiger partial charge on any atom is -0.258 e. The maximum atomic E-state index is 12.5. The fraction of sp³-hybridized carbons (Fsp3) is 0.600. The molecule has 21 heavy (non-hydrogen) atoms. The minimum atomic E-state index is -2.56. The number of unbranched alkanes of at least 4 members (excludes halogenated alkanes) is 2. The van der Waals surface area contributed by atoms with E-state index in [0.29, 0.717) is 6.42 Å². The molecule has 1 aromatic carbocycles. The predicted octanol–water partition coefficient (Wildman–Crippen LogP) is 5.93. The van der Waals surface area contributed by atoms with Gasteiger partial charge in [-0.05, 0) is 37.7 Å². The molecule has 0 unspecified atom stereocenters.